The highest BCUT2D eigenvalue weighted by Gasteiger charge is 2.43. The number of likely N-dealkylation sites (N-methyl/N-ethyl adjacent to an activating group) is 1. The fraction of sp³-hybridized carbons (Fsp3) is 0.923. The second-order valence-corrected chi connectivity index (χ2v) is 5.42. The lowest BCUT2D eigenvalue weighted by atomic mass is 9.78. The molecule has 1 fully saturated rings. The van der Waals surface area contributed by atoms with Gasteiger partial charge in [0.25, 0.3) is 0 Å². The van der Waals surface area contributed by atoms with E-state index in [1.807, 2.05) is 0 Å². The Labute approximate surface area is 117 Å². The summed E-state index contributed by atoms with van der Waals surface area (Å²) in [6.45, 7) is -0.0465. The second kappa shape index (κ2) is 6.76. The van der Waals surface area contributed by atoms with Gasteiger partial charge >= 0.3 is 12.1 Å². The summed E-state index contributed by atoms with van der Waals surface area (Å²) >= 11 is 0. The standard InChI is InChI=1S/C13H23F3N2O2/c1-17-12(11(19)20-3)6-4-5-10(9-12)18(2)8-7-13(14,15)16/h10,17H,4-9H2,1-3H3. The summed E-state index contributed by atoms with van der Waals surface area (Å²) in [5, 5.41) is 3.00. The van der Waals surface area contributed by atoms with Crippen molar-refractivity contribution in [1.82, 2.24) is 10.2 Å². The van der Waals surface area contributed by atoms with E-state index in [1.165, 1.54) is 7.11 Å². The van der Waals surface area contributed by atoms with Crippen LogP contribution in [0.1, 0.15) is 32.1 Å². The third-order valence-electron chi connectivity index (χ3n) is 4.15. The van der Waals surface area contributed by atoms with E-state index in [2.05, 4.69) is 5.32 Å². The SMILES string of the molecule is CNC1(C(=O)OC)CCCC(N(C)CCC(F)(F)F)C1. The molecule has 20 heavy (non-hydrogen) atoms. The maximum atomic E-state index is 12.3. The number of carbonyl (C=O) groups is 1. The van der Waals surface area contributed by atoms with Crippen LogP contribution in [0.25, 0.3) is 0 Å². The summed E-state index contributed by atoms with van der Waals surface area (Å²) in [7, 11) is 4.70. The van der Waals surface area contributed by atoms with Crippen molar-refractivity contribution in [1.29, 1.82) is 0 Å². The van der Waals surface area contributed by atoms with Gasteiger partial charge in [-0.25, -0.2) is 0 Å². The molecule has 1 rings (SSSR count). The number of esters is 1. The molecule has 2 atom stereocenters. The number of rotatable bonds is 5. The van der Waals surface area contributed by atoms with Crippen LogP contribution in [0.15, 0.2) is 0 Å². The van der Waals surface area contributed by atoms with Crippen LogP contribution in [-0.4, -0.2) is 56.4 Å². The van der Waals surface area contributed by atoms with E-state index < -0.39 is 18.1 Å². The lowest BCUT2D eigenvalue weighted by molar-refractivity contribution is -0.152. The number of alkyl halides is 3. The Balaban J connectivity index is 2.65. The Hall–Kier alpha value is -0.820. The van der Waals surface area contributed by atoms with E-state index >= 15 is 0 Å². The van der Waals surface area contributed by atoms with Gasteiger partial charge in [-0.05, 0) is 39.8 Å². The molecule has 0 aromatic carbocycles. The summed E-state index contributed by atoms with van der Waals surface area (Å²) in [6, 6.07) is -0.0438. The fourth-order valence-electron chi connectivity index (χ4n) is 2.82. The van der Waals surface area contributed by atoms with Crippen LogP contribution >= 0.6 is 0 Å². The van der Waals surface area contributed by atoms with Crippen LogP contribution in [0, 0.1) is 0 Å². The smallest absolute Gasteiger partial charge is 0.390 e. The molecule has 0 saturated heterocycles. The van der Waals surface area contributed by atoms with Crippen molar-refractivity contribution in [3.05, 3.63) is 0 Å². The van der Waals surface area contributed by atoms with Gasteiger partial charge in [-0.2, -0.15) is 13.2 Å². The first-order chi connectivity index (χ1) is 9.24. The molecule has 0 aliphatic heterocycles. The third kappa shape index (κ3) is 4.34. The number of methoxy groups -OCH3 is 1. The van der Waals surface area contributed by atoms with Crippen molar-refractivity contribution in [2.45, 2.75) is 49.9 Å². The Morgan fingerprint density at radius 3 is 2.65 bits per heavy atom. The van der Waals surface area contributed by atoms with Crippen LogP contribution in [0.4, 0.5) is 13.2 Å². The average Bonchev–Trinajstić information content (AvgIpc) is 2.42. The summed E-state index contributed by atoms with van der Waals surface area (Å²) in [4.78, 5) is 13.6. The number of ether oxygens (including phenoxy) is 1. The Bertz CT molecular complexity index is 336. The van der Waals surface area contributed by atoms with Gasteiger partial charge in [0.1, 0.15) is 5.54 Å². The zero-order chi connectivity index (χ0) is 15.4. The molecule has 7 heteroatoms. The molecule has 1 N–H and O–H groups in total. The zero-order valence-corrected chi connectivity index (χ0v) is 12.2. The van der Waals surface area contributed by atoms with Gasteiger partial charge in [0.2, 0.25) is 0 Å². The number of nitrogens with one attached hydrogen (secondary N) is 1. The summed E-state index contributed by atoms with van der Waals surface area (Å²) in [5.74, 6) is -0.339. The summed E-state index contributed by atoms with van der Waals surface area (Å²) < 4.78 is 41.6. The maximum absolute atomic E-state index is 12.3. The number of nitrogens with zero attached hydrogens (tertiary/aromatic N) is 1. The number of hydrogen-bond acceptors (Lipinski definition) is 4. The van der Waals surface area contributed by atoms with Gasteiger partial charge in [0.05, 0.1) is 13.5 Å². The van der Waals surface area contributed by atoms with Crippen molar-refractivity contribution in [2.24, 2.45) is 0 Å². The molecule has 118 valence electrons. The number of halogens is 3. The van der Waals surface area contributed by atoms with Gasteiger partial charge in [-0.1, -0.05) is 0 Å². The predicted octanol–water partition coefficient (Wildman–Crippen LogP) is 1.94. The first-order valence-electron chi connectivity index (χ1n) is 6.78. The van der Waals surface area contributed by atoms with Gasteiger partial charge in [-0.15, -0.1) is 0 Å². The van der Waals surface area contributed by atoms with Crippen LogP contribution in [0.3, 0.4) is 0 Å². The van der Waals surface area contributed by atoms with Crippen LogP contribution in [0.5, 0.6) is 0 Å². The fourth-order valence-corrected chi connectivity index (χ4v) is 2.82. The van der Waals surface area contributed by atoms with Crippen molar-refractivity contribution < 1.29 is 22.7 Å². The molecule has 4 nitrogen and oxygen atoms in total. The Kier molecular flexibility index (Phi) is 5.82. The predicted molar refractivity (Wildman–Crippen MR) is 69.4 cm³/mol. The molecule has 0 bridgehead atoms. The second-order valence-electron chi connectivity index (χ2n) is 5.42. The first-order valence-corrected chi connectivity index (χ1v) is 6.78. The monoisotopic (exact) mass is 296 g/mol. The summed E-state index contributed by atoms with van der Waals surface area (Å²) in [6.07, 6.45) is -2.26. The van der Waals surface area contributed by atoms with Gasteiger partial charge in [-0.3, -0.25) is 4.79 Å². The maximum Gasteiger partial charge on any atom is 0.390 e. The van der Waals surface area contributed by atoms with E-state index in [0.29, 0.717) is 12.8 Å². The topological polar surface area (TPSA) is 41.6 Å². The van der Waals surface area contributed by atoms with E-state index in [0.717, 1.165) is 12.8 Å². The molecular weight excluding hydrogens is 273 g/mol. The minimum atomic E-state index is -4.15. The van der Waals surface area contributed by atoms with E-state index in [9.17, 15) is 18.0 Å². The normalized spacial score (nSPS) is 27.6. The van der Waals surface area contributed by atoms with Crippen molar-refractivity contribution in [2.75, 3.05) is 27.7 Å². The van der Waals surface area contributed by atoms with Gasteiger partial charge < -0.3 is 15.0 Å². The molecule has 0 heterocycles. The lowest BCUT2D eigenvalue weighted by Crippen LogP contribution is -2.57. The summed E-state index contributed by atoms with van der Waals surface area (Å²) in [5.41, 5.74) is -0.774. The highest BCUT2D eigenvalue weighted by Crippen LogP contribution is 2.32. The van der Waals surface area contributed by atoms with Crippen LogP contribution in [0.2, 0.25) is 0 Å². The van der Waals surface area contributed by atoms with E-state index in [-0.39, 0.29) is 18.6 Å². The molecule has 0 aromatic rings. The molecule has 0 radical (unpaired) electrons. The van der Waals surface area contributed by atoms with Crippen molar-refractivity contribution in [3.63, 3.8) is 0 Å². The van der Waals surface area contributed by atoms with E-state index in [1.54, 1.807) is 19.0 Å². The molecule has 1 aliphatic carbocycles. The molecule has 1 aliphatic rings. The van der Waals surface area contributed by atoms with E-state index in [4.69, 9.17) is 4.74 Å². The first kappa shape index (κ1) is 17.2. The number of hydrogen-bond donors (Lipinski definition) is 1. The molecule has 0 amide bonds. The Morgan fingerprint density at radius 2 is 2.15 bits per heavy atom. The average molecular weight is 296 g/mol. The number of carbonyl (C=O) groups excluding carboxylic acids is 1. The highest BCUT2D eigenvalue weighted by atomic mass is 19.4. The highest BCUT2D eigenvalue weighted by molar-refractivity contribution is 5.81. The van der Waals surface area contributed by atoms with Crippen molar-refractivity contribution in [3.8, 4) is 0 Å². The lowest BCUT2D eigenvalue weighted by Gasteiger charge is -2.41. The van der Waals surface area contributed by atoms with Crippen LogP contribution < -0.4 is 5.32 Å². The zero-order valence-electron chi connectivity index (χ0n) is 12.2. The largest absolute Gasteiger partial charge is 0.468 e. The molecule has 1 saturated carbocycles. The molecule has 0 aromatic heterocycles. The molecule has 0 spiro atoms. The van der Waals surface area contributed by atoms with Crippen molar-refractivity contribution >= 4 is 5.97 Å². The third-order valence-corrected chi connectivity index (χ3v) is 4.15. The minimum absolute atomic E-state index is 0.0438. The quantitative estimate of drug-likeness (QED) is 0.787. The van der Waals surface area contributed by atoms with Gasteiger partial charge in [0.15, 0.2) is 0 Å². The van der Waals surface area contributed by atoms with Crippen LogP contribution in [-0.2, 0) is 9.53 Å². The minimum Gasteiger partial charge on any atom is -0.468 e. The molecule has 2 unspecified atom stereocenters. The molecular formula is C13H23F3N2O2. The van der Waals surface area contributed by atoms with Gasteiger partial charge in [0, 0.05) is 12.6 Å². The Morgan fingerprint density at radius 1 is 1.50 bits per heavy atom.